The number of hydrogen-bond acceptors (Lipinski definition) is 5. The number of hydrogen-bond donors (Lipinski definition) is 3. The zero-order valence-electron chi connectivity index (χ0n) is 14.1. The fourth-order valence-corrected chi connectivity index (χ4v) is 2.53. The van der Waals surface area contributed by atoms with E-state index in [4.69, 9.17) is 4.74 Å². The number of anilines is 1. The smallest absolute Gasteiger partial charge is 0.407 e. The van der Waals surface area contributed by atoms with Gasteiger partial charge < -0.3 is 15.4 Å². The summed E-state index contributed by atoms with van der Waals surface area (Å²) in [6.07, 6.45) is -0.488. The van der Waals surface area contributed by atoms with Gasteiger partial charge >= 0.3 is 6.09 Å². The molecule has 1 aromatic rings. The normalized spacial score (nSPS) is 13.3. The first-order valence-electron chi connectivity index (χ1n) is 7.30. The second-order valence-corrected chi connectivity index (χ2v) is 8.05. The molecule has 0 saturated heterocycles. The van der Waals surface area contributed by atoms with E-state index in [-0.39, 0.29) is 10.9 Å². The molecular formula is C15H25N3O4S. The van der Waals surface area contributed by atoms with Gasteiger partial charge in [-0.25, -0.2) is 17.9 Å². The third kappa shape index (κ3) is 6.87. The van der Waals surface area contributed by atoms with E-state index in [0.717, 1.165) is 0 Å². The van der Waals surface area contributed by atoms with Crippen LogP contribution >= 0.6 is 0 Å². The van der Waals surface area contributed by atoms with Gasteiger partial charge in [-0.2, -0.15) is 0 Å². The number of amides is 1. The van der Waals surface area contributed by atoms with E-state index in [0.29, 0.717) is 12.2 Å². The second kappa shape index (κ2) is 7.65. The average molecular weight is 343 g/mol. The fourth-order valence-electron chi connectivity index (χ4n) is 1.76. The summed E-state index contributed by atoms with van der Waals surface area (Å²) in [7, 11) is -2.12. The molecule has 0 aromatic heterocycles. The van der Waals surface area contributed by atoms with Crippen LogP contribution in [0.2, 0.25) is 0 Å². The minimum absolute atomic E-state index is 0.102. The minimum atomic E-state index is -3.48. The van der Waals surface area contributed by atoms with Crippen LogP contribution in [0.15, 0.2) is 29.2 Å². The zero-order chi connectivity index (χ0) is 17.7. The Kier molecular flexibility index (Phi) is 6.40. The van der Waals surface area contributed by atoms with Crippen LogP contribution in [0.4, 0.5) is 10.5 Å². The number of carbonyl (C=O) groups is 1. The standard InChI is InChI=1S/C15H25N3O4S/c1-11(10-17-14(19)22-15(2,3)4)18-12-7-6-8-13(9-12)23(20,21)16-5/h6-9,11,16,18H,10H2,1-5H3,(H,17,19). The van der Waals surface area contributed by atoms with Gasteiger partial charge in [-0.05, 0) is 52.9 Å². The molecule has 0 heterocycles. The average Bonchev–Trinajstić information content (AvgIpc) is 2.43. The molecule has 130 valence electrons. The molecule has 0 radical (unpaired) electrons. The Morgan fingerprint density at radius 2 is 1.96 bits per heavy atom. The van der Waals surface area contributed by atoms with Gasteiger partial charge in [-0.1, -0.05) is 6.07 Å². The Balaban J connectivity index is 2.60. The van der Waals surface area contributed by atoms with Crippen molar-refractivity contribution in [1.29, 1.82) is 0 Å². The molecule has 0 fully saturated rings. The van der Waals surface area contributed by atoms with Gasteiger partial charge in [0.1, 0.15) is 5.60 Å². The third-order valence-electron chi connectivity index (χ3n) is 2.78. The van der Waals surface area contributed by atoms with Crippen molar-refractivity contribution in [2.75, 3.05) is 18.9 Å². The molecular weight excluding hydrogens is 318 g/mol. The van der Waals surface area contributed by atoms with Gasteiger partial charge in [0.05, 0.1) is 4.90 Å². The van der Waals surface area contributed by atoms with Crippen LogP contribution in [0.3, 0.4) is 0 Å². The van der Waals surface area contributed by atoms with E-state index < -0.39 is 21.7 Å². The van der Waals surface area contributed by atoms with Gasteiger partial charge in [0.25, 0.3) is 0 Å². The predicted octanol–water partition coefficient (Wildman–Crippen LogP) is 1.92. The first kappa shape index (κ1) is 19.2. The highest BCUT2D eigenvalue weighted by Gasteiger charge is 2.16. The highest BCUT2D eigenvalue weighted by Crippen LogP contribution is 2.15. The molecule has 1 unspecified atom stereocenters. The number of ether oxygens (including phenoxy) is 1. The molecule has 0 aliphatic carbocycles. The molecule has 1 rings (SSSR count). The summed E-state index contributed by atoms with van der Waals surface area (Å²) in [5, 5.41) is 5.80. The Bertz CT molecular complexity index is 638. The van der Waals surface area contributed by atoms with Crippen molar-refractivity contribution in [2.45, 2.75) is 44.2 Å². The summed E-state index contributed by atoms with van der Waals surface area (Å²) in [5.74, 6) is 0. The summed E-state index contributed by atoms with van der Waals surface area (Å²) in [5.41, 5.74) is 0.108. The molecule has 3 N–H and O–H groups in total. The van der Waals surface area contributed by atoms with Crippen LogP contribution in [0.5, 0.6) is 0 Å². The van der Waals surface area contributed by atoms with Gasteiger partial charge in [0.15, 0.2) is 0 Å². The number of benzene rings is 1. The zero-order valence-corrected chi connectivity index (χ0v) is 15.0. The number of alkyl carbamates (subject to hydrolysis) is 1. The van der Waals surface area contributed by atoms with Gasteiger partial charge in [0.2, 0.25) is 10.0 Å². The first-order chi connectivity index (χ1) is 10.5. The van der Waals surface area contributed by atoms with E-state index in [1.54, 1.807) is 32.9 Å². The first-order valence-corrected chi connectivity index (χ1v) is 8.79. The highest BCUT2D eigenvalue weighted by atomic mass is 32.2. The molecule has 0 aliphatic rings. The van der Waals surface area contributed by atoms with Crippen molar-refractivity contribution < 1.29 is 17.9 Å². The van der Waals surface area contributed by atoms with Crippen LogP contribution in [0, 0.1) is 0 Å². The summed E-state index contributed by atoms with van der Waals surface area (Å²) >= 11 is 0. The molecule has 0 aliphatic heterocycles. The molecule has 0 bridgehead atoms. The SMILES string of the molecule is CNS(=O)(=O)c1cccc(NC(C)CNC(=O)OC(C)(C)C)c1. The lowest BCUT2D eigenvalue weighted by Crippen LogP contribution is -2.38. The lowest BCUT2D eigenvalue weighted by molar-refractivity contribution is 0.0526. The maximum Gasteiger partial charge on any atom is 0.407 e. The third-order valence-corrected chi connectivity index (χ3v) is 4.19. The minimum Gasteiger partial charge on any atom is -0.444 e. The summed E-state index contributed by atoms with van der Waals surface area (Å²) in [4.78, 5) is 11.8. The molecule has 1 aromatic carbocycles. The topological polar surface area (TPSA) is 96.5 Å². The fraction of sp³-hybridized carbons (Fsp3) is 0.533. The number of carbonyl (C=O) groups excluding carboxylic acids is 1. The van der Waals surface area contributed by atoms with E-state index in [1.807, 2.05) is 6.92 Å². The summed E-state index contributed by atoms with van der Waals surface area (Å²) in [6.45, 7) is 7.60. The van der Waals surface area contributed by atoms with Crippen LogP contribution in [-0.4, -0.2) is 39.7 Å². The molecule has 7 nitrogen and oxygen atoms in total. The number of nitrogens with one attached hydrogen (secondary N) is 3. The van der Waals surface area contributed by atoms with Gasteiger partial charge in [-0.15, -0.1) is 0 Å². The summed E-state index contributed by atoms with van der Waals surface area (Å²) in [6, 6.07) is 6.37. The van der Waals surface area contributed by atoms with Crippen LogP contribution in [-0.2, 0) is 14.8 Å². The van der Waals surface area contributed by atoms with E-state index in [9.17, 15) is 13.2 Å². The molecule has 1 amide bonds. The van der Waals surface area contributed by atoms with Crippen molar-refractivity contribution in [2.24, 2.45) is 0 Å². The van der Waals surface area contributed by atoms with Crippen LogP contribution < -0.4 is 15.4 Å². The van der Waals surface area contributed by atoms with E-state index in [2.05, 4.69) is 15.4 Å². The maximum atomic E-state index is 11.8. The van der Waals surface area contributed by atoms with Crippen molar-refractivity contribution in [1.82, 2.24) is 10.0 Å². The Labute approximate surface area is 137 Å². The monoisotopic (exact) mass is 343 g/mol. The van der Waals surface area contributed by atoms with E-state index >= 15 is 0 Å². The second-order valence-electron chi connectivity index (χ2n) is 6.16. The lowest BCUT2D eigenvalue weighted by atomic mass is 10.2. The van der Waals surface area contributed by atoms with Crippen molar-refractivity contribution >= 4 is 21.8 Å². The molecule has 0 spiro atoms. The van der Waals surface area contributed by atoms with Crippen molar-refractivity contribution in [3.63, 3.8) is 0 Å². The van der Waals surface area contributed by atoms with Crippen molar-refractivity contribution in [3.8, 4) is 0 Å². The highest BCUT2D eigenvalue weighted by molar-refractivity contribution is 7.89. The molecule has 1 atom stereocenters. The Hall–Kier alpha value is -1.80. The van der Waals surface area contributed by atoms with Crippen LogP contribution in [0.1, 0.15) is 27.7 Å². The number of rotatable bonds is 6. The van der Waals surface area contributed by atoms with Crippen LogP contribution in [0.25, 0.3) is 0 Å². The Morgan fingerprint density at radius 3 is 2.52 bits per heavy atom. The number of sulfonamides is 1. The largest absolute Gasteiger partial charge is 0.444 e. The lowest BCUT2D eigenvalue weighted by Gasteiger charge is -2.21. The maximum absolute atomic E-state index is 11.8. The molecule has 0 saturated carbocycles. The summed E-state index contributed by atoms with van der Waals surface area (Å²) < 4.78 is 31.0. The quantitative estimate of drug-likeness (QED) is 0.733. The molecule has 8 heteroatoms. The van der Waals surface area contributed by atoms with Gasteiger partial charge in [0, 0.05) is 18.3 Å². The van der Waals surface area contributed by atoms with Gasteiger partial charge in [-0.3, -0.25) is 0 Å². The Morgan fingerprint density at radius 1 is 1.30 bits per heavy atom. The predicted molar refractivity (Wildman–Crippen MR) is 90.0 cm³/mol. The van der Waals surface area contributed by atoms with Crippen molar-refractivity contribution in [3.05, 3.63) is 24.3 Å². The van der Waals surface area contributed by atoms with E-state index in [1.165, 1.54) is 19.2 Å². The molecule has 23 heavy (non-hydrogen) atoms.